The van der Waals surface area contributed by atoms with Gasteiger partial charge in [-0.2, -0.15) is 0 Å². The average Bonchev–Trinajstić information content (AvgIpc) is 2.40. The number of phenolic OH excluding ortho intramolecular Hbond substituents is 1. The van der Waals surface area contributed by atoms with E-state index in [0.29, 0.717) is 12.2 Å². The molecule has 0 spiro atoms. The maximum atomic E-state index is 13.2. The maximum absolute atomic E-state index is 13.2. The quantitative estimate of drug-likeness (QED) is 0.810. The number of aromatic hydroxyl groups is 1. The highest BCUT2D eigenvalue weighted by atomic mass is 19.1. The van der Waals surface area contributed by atoms with E-state index in [9.17, 15) is 4.39 Å². The van der Waals surface area contributed by atoms with E-state index < -0.39 is 5.82 Å². The molecular formula is C17H20FNO. The zero-order chi connectivity index (χ0) is 14.8. The van der Waals surface area contributed by atoms with Crippen LogP contribution < -0.4 is 5.32 Å². The highest BCUT2D eigenvalue weighted by Gasteiger charge is 2.12. The summed E-state index contributed by atoms with van der Waals surface area (Å²) >= 11 is 0. The van der Waals surface area contributed by atoms with Gasteiger partial charge in [-0.25, -0.2) is 4.39 Å². The third-order valence-electron chi connectivity index (χ3n) is 3.26. The molecule has 0 amide bonds. The molecular weight excluding hydrogens is 253 g/mol. The van der Waals surface area contributed by atoms with E-state index in [2.05, 4.69) is 50.4 Å². The molecule has 20 heavy (non-hydrogen) atoms. The fourth-order valence-electron chi connectivity index (χ4n) is 1.94. The van der Waals surface area contributed by atoms with Gasteiger partial charge in [-0.1, -0.05) is 45.0 Å². The topological polar surface area (TPSA) is 32.3 Å². The Morgan fingerprint density at radius 1 is 1.05 bits per heavy atom. The van der Waals surface area contributed by atoms with Crippen LogP contribution in [0.5, 0.6) is 5.75 Å². The molecule has 0 saturated heterocycles. The largest absolute Gasteiger partial charge is 0.505 e. The molecule has 0 aliphatic rings. The first-order chi connectivity index (χ1) is 9.36. The van der Waals surface area contributed by atoms with Crippen LogP contribution in [0.3, 0.4) is 0 Å². The Hall–Kier alpha value is -2.03. The van der Waals surface area contributed by atoms with Crippen molar-refractivity contribution in [2.24, 2.45) is 0 Å². The molecule has 0 aromatic heterocycles. The summed E-state index contributed by atoms with van der Waals surface area (Å²) in [6.45, 7) is 7.16. The standard InChI is InChI=1S/C17H20FNO/c1-17(2,3)13-6-4-12(5-7-13)11-19-14-8-9-16(20)15(18)10-14/h4-10,19-20H,11H2,1-3H3. The summed E-state index contributed by atoms with van der Waals surface area (Å²) in [6, 6.07) is 12.7. The number of halogens is 1. The Bertz CT molecular complexity index is 585. The van der Waals surface area contributed by atoms with E-state index in [1.165, 1.54) is 17.7 Å². The van der Waals surface area contributed by atoms with E-state index >= 15 is 0 Å². The van der Waals surface area contributed by atoms with Crippen LogP contribution in [0.1, 0.15) is 31.9 Å². The van der Waals surface area contributed by atoms with Crippen molar-refractivity contribution in [2.45, 2.75) is 32.7 Å². The minimum atomic E-state index is -0.613. The van der Waals surface area contributed by atoms with Gasteiger partial charge in [0.15, 0.2) is 11.6 Å². The van der Waals surface area contributed by atoms with Crippen LogP contribution in [-0.2, 0) is 12.0 Å². The lowest BCUT2D eigenvalue weighted by molar-refractivity contribution is 0.432. The van der Waals surface area contributed by atoms with Gasteiger partial charge in [-0.15, -0.1) is 0 Å². The first-order valence-corrected chi connectivity index (χ1v) is 6.68. The van der Waals surface area contributed by atoms with Gasteiger partial charge < -0.3 is 10.4 Å². The lowest BCUT2D eigenvalue weighted by Crippen LogP contribution is -2.11. The third-order valence-corrected chi connectivity index (χ3v) is 3.26. The minimum absolute atomic E-state index is 0.145. The SMILES string of the molecule is CC(C)(C)c1ccc(CNc2ccc(O)c(F)c2)cc1. The number of phenols is 1. The number of hydrogen-bond donors (Lipinski definition) is 2. The van der Waals surface area contributed by atoms with Crippen molar-refractivity contribution in [2.75, 3.05) is 5.32 Å². The molecule has 0 aliphatic carbocycles. The first-order valence-electron chi connectivity index (χ1n) is 6.68. The van der Waals surface area contributed by atoms with Crippen molar-refractivity contribution >= 4 is 5.69 Å². The second kappa shape index (κ2) is 5.53. The predicted octanol–water partition coefficient (Wildman–Crippen LogP) is 4.44. The normalized spacial score (nSPS) is 11.4. The third kappa shape index (κ3) is 3.50. The van der Waals surface area contributed by atoms with Crippen LogP contribution in [0.15, 0.2) is 42.5 Å². The molecule has 106 valence electrons. The number of anilines is 1. The number of benzene rings is 2. The molecule has 0 unspecified atom stereocenters. The summed E-state index contributed by atoms with van der Waals surface area (Å²) in [6.07, 6.45) is 0. The molecule has 0 bridgehead atoms. The highest BCUT2D eigenvalue weighted by Crippen LogP contribution is 2.23. The Kier molecular flexibility index (Phi) is 3.98. The minimum Gasteiger partial charge on any atom is -0.505 e. The van der Waals surface area contributed by atoms with Crippen molar-refractivity contribution in [3.8, 4) is 5.75 Å². The summed E-state index contributed by atoms with van der Waals surface area (Å²) in [5.74, 6) is -0.942. The molecule has 2 nitrogen and oxygen atoms in total. The summed E-state index contributed by atoms with van der Waals surface area (Å²) < 4.78 is 13.2. The van der Waals surface area contributed by atoms with E-state index in [1.54, 1.807) is 6.07 Å². The van der Waals surface area contributed by atoms with E-state index in [-0.39, 0.29) is 11.2 Å². The van der Waals surface area contributed by atoms with Crippen LogP contribution >= 0.6 is 0 Å². The van der Waals surface area contributed by atoms with E-state index in [1.807, 2.05) is 0 Å². The van der Waals surface area contributed by atoms with Crippen LogP contribution in [0.4, 0.5) is 10.1 Å². The summed E-state index contributed by atoms with van der Waals surface area (Å²) in [5.41, 5.74) is 3.22. The van der Waals surface area contributed by atoms with Gasteiger partial charge in [0.05, 0.1) is 0 Å². The fraction of sp³-hybridized carbons (Fsp3) is 0.294. The molecule has 0 aliphatic heterocycles. The van der Waals surface area contributed by atoms with Gasteiger partial charge in [-0.3, -0.25) is 0 Å². The van der Waals surface area contributed by atoms with E-state index in [0.717, 1.165) is 5.56 Å². The van der Waals surface area contributed by atoms with Gasteiger partial charge in [0.1, 0.15) is 0 Å². The molecule has 2 N–H and O–H groups in total. The van der Waals surface area contributed by atoms with Crippen molar-refractivity contribution in [1.82, 2.24) is 0 Å². The second-order valence-electron chi connectivity index (χ2n) is 5.97. The Balaban J connectivity index is 2.02. The van der Waals surface area contributed by atoms with Crippen LogP contribution in [0.25, 0.3) is 0 Å². The molecule has 0 atom stereocenters. The molecule has 0 heterocycles. The zero-order valence-corrected chi connectivity index (χ0v) is 12.1. The second-order valence-corrected chi connectivity index (χ2v) is 5.97. The summed E-state index contributed by atoms with van der Waals surface area (Å²) in [5, 5.41) is 12.3. The number of nitrogens with one attached hydrogen (secondary N) is 1. The predicted molar refractivity (Wildman–Crippen MR) is 80.5 cm³/mol. The van der Waals surface area contributed by atoms with Crippen molar-refractivity contribution in [1.29, 1.82) is 0 Å². The molecule has 2 aromatic rings. The fourth-order valence-corrected chi connectivity index (χ4v) is 1.94. The van der Waals surface area contributed by atoms with Gasteiger partial charge in [0, 0.05) is 18.3 Å². The molecule has 0 fully saturated rings. The summed E-state index contributed by atoms with van der Waals surface area (Å²) in [4.78, 5) is 0. The van der Waals surface area contributed by atoms with Crippen LogP contribution in [0.2, 0.25) is 0 Å². The number of rotatable bonds is 3. The van der Waals surface area contributed by atoms with Crippen LogP contribution in [0, 0.1) is 5.82 Å². The smallest absolute Gasteiger partial charge is 0.166 e. The Labute approximate surface area is 119 Å². The molecule has 0 radical (unpaired) electrons. The number of hydrogen-bond acceptors (Lipinski definition) is 2. The molecule has 2 aromatic carbocycles. The lowest BCUT2D eigenvalue weighted by Gasteiger charge is -2.19. The van der Waals surface area contributed by atoms with E-state index in [4.69, 9.17) is 5.11 Å². The monoisotopic (exact) mass is 273 g/mol. The first kappa shape index (κ1) is 14.4. The zero-order valence-electron chi connectivity index (χ0n) is 12.1. The van der Waals surface area contributed by atoms with Gasteiger partial charge >= 0.3 is 0 Å². The van der Waals surface area contributed by atoms with Crippen molar-refractivity contribution in [3.05, 3.63) is 59.4 Å². The Morgan fingerprint density at radius 3 is 2.25 bits per heavy atom. The van der Waals surface area contributed by atoms with Gasteiger partial charge in [0.25, 0.3) is 0 Å². The highest BCUT2D eigenvalue weighted by molar-refractivity contribution is 5.47. The molecule has 2 rings (SSSR count). The lowest BCUT2D eigenvalue weighted by atomic mass is 9.87. The summed E-state index contributed by atoms with van der Waals surface area (Å²) in [7, 11) is 0. The van der Waals surface area contributed by atoms with Gasteiger partial charge in [-0.05, 0) is 28.7 Å². The van der Waals surface area contributed by atoms with Crippen molar-refractivity contribution < 1.29 is 9.50 Å². The molecule has 0 saturated carbocycles. The Morgan fingerprint density at radius 2 is 1.70 bits per heavy atom. The molecule has 3 heteroatoms. The average molecular weight is 273 g/mol. The van der Waals surface area contributed by atoms with Gasteiger partial charge in [0.2, 0.25) is 0 Å². The van der Waals surface area contributed by atoms with Crippen molar-refractivity contribution in [3.63, 3.8) is 0 Å². The van der Waals surface area contributed by atoms with Crippen LogP contribution in [-0.4, -0.2) is 5.11 Å². The maximum Gasteiger partial charge on any atom is 0.166 e.